The van der Waals surface area contributed by atoms with Gasteiger partial charge in [0.05, 0.1) is 6.54 Å². The number of hydrogen-bond acceptors (Lipinski definition) is 3. The summed E-state index contributed by atoms with van der Waals surface area (Å²) in [5.74, 6) is -0.353. The quantitative estimate of drug-likeness (QED) is 0.892. The molecule has 0 aromatic heterocycles. The number of carboxylic acid groups (broad SMARTS) is 1. The predicted octanol–water partition coefficient (Wildman–Crippen LogP) is 2.67. The van der Waals surface area contributed by atoms with E-state index in [1.54, 1.807) is 11.9 Å². The molecule has 1 aromatic carbocycles. The van der Waals surface area contributed by atoms with Gasteiger partial charge in [-0.3, -0.25) is 14.5 Å². The molecule has 1 aromatic rings. The second-order valence-electron chi connectivity index (χ2n) is 7.55. The molecule has 136 valence electrons. The monoisotopic (exact) mass is 344 g/mol. The number of hydrogen-bond donors (Lipinski definition) is 1. The average molecular weight is 344 g/mol. The molecule has 3 rings (SSSR count). The van der Waals surface area contributed by atoms with Crippen LogP contribution in [-0.4, -0.2) is 52.5 Å². The number of rotatable bonds is 5. The topological polar surface area (TPSA) is 60.9 Å². The van der Waals surface area contributed by atoms with Crippen molar-refractivity contribution in [3.05, 3.63) is 35.4 Å². The fourth-order valence-electron chi connectivity index (χ4n) is 4.43. The van der Waals surface area contributed by atoms with Gasteiger partial charge in [-0.15, -0.1) is 0 Å². The number of likely N-dealkylation sites (N-methyl/N-ethyl adjacent to an activating group) is 1. The second-order valence-corrected chi connectivity index (χ2v) is 7.55. The van der Waals surface area contributed by atoms with Crippen LogP contribution in [0.2, 0.25) is 0 Å². The third kappa shape index (κ3) is 3.87. The van der Waals surface area contributed by atoms with Crippen LogP contribution in [0, 0.1) is 12.8 Å². The van der Waals surface area contributed by atoms with Crippen molar-refractivity contribution >= 4 is 11.9 Å². The van der Waals surface area contributed by atoms with E-state index in [1.807, 2.05) is 36.1 Å². The van der Waals surface area contributed by atoms with Crippen molar-refractivity contribution < 1.29 is 14.7 Å². The number of aliphatic carboxylic acids is 1. The van der Waals surface area contributed by atoms with Crippen LogP contribution in [-0.2, 0) is 16.1 Å². The number of carbonyl (C=O) groups is 2. The number of benzene rings is 1. The van der Waals surface area contributed by atoms with E-state index < -0.39 is 12.0 Å². The summed E-state index contributed by atoms with van der Waals surface area (Å²) in [6.07, 6.45) is 5.12. The van der Waals surface area contributed by atoms with Crippen LogP contribution in [0.3, 0.4) is 0 Å². The Bertz CT molecular complexity index is 646. The highest BCUT2D eigenvalue weighted by molar-refractivity contribution is 5.80. The van der Waals surface area contributed by atoms with Gasteiger partial charge in [0.15, 0.2) is 0 Å². The summed E-state index contributed by atoms with van der Waals surface area (Å²) < 4.78 is 0. The number of amides is 1. The molecule has 0 spiro atoms. The van der Waals surface area contributed by atoms with Crippen LogP contribution in [0.4, 0.5) is 0 Å². The van der Waals surface area contributed by atoms with Crippen LogP contribution in [0.1, 0.15) is 43.2 Å². The van der Waals surface area contributed by atoms with E-state index in [0.717, 1.165) is 24.8 Å². The molecule has 1 N–H and O–H groups in total. The molecule has 0 unspecified atom stereocenters. The van der Waals surface area contributed by atoms with E-state index in [4.69, 9.17) is 0 Å². The summed E-state index contributed by atoms with van der Waals surface area (Å²) in [4.78, 5) is 28.1. The Labute approximate surface area is 149 Å². The van der Waals surface area contributed by atoms with Gasteiger partial charge in [0.2, 0.25) is 5.91 Å². The first-order valence-corrected chi connectivity index (χ1v) is 9.24. The van der Waals surface area contributed by atoms with Gasteiger partial charge < -0.3 is 10.0 Å². The van der Waals surface area contributed by atoms with Gasteiger partial charge in [0, 0.05) is 19.6 Å². The minimum Gasteiger partial charge on any atom is -0.480 e. The number of fused-ring (bicyclic) bond motifs is 1. The Morgan fingerprint density at radius 2 is 1.96 bits per heavy atom. The molecule has 1 amide bonds. The first-order valence-electron chi connectivity index (χ1n) is 9.24. The van der Waals surface area contributed by atoms with Crippen LogP contribution in [0.5, 0.6) is 0 Å². The summed E-state index contributed by atoms with van der Waals surface area (Å²) >= 11 is 0. The number of aryl methyl sites for hydroxylation is 1. The Morgan fingerprint density at radius 1 is 1.24 bits per heavy atom. The molecule has 3 atom stereocenters. The zero-order chi connectivity index (χ0) is 18.0. The number of carboxylic acids is 1. The molecule has 2 fully saturated rings. The Hall–Kier alpha value is -1.88. The molecule has 0 bridgehead atoms. The van der Waals surface area contributed by atoms with Crippen molar-refractivity contribution in [2.24, 2.45) is 5.92 Å². The second kappa shape index (κ2) is 7.56. The third-order valence-electron chi connectivity index (χ3n) is 5.92. The Balaban J connectivity index is 1.67. The van der Waals surface area contributed by atoms with E-state index in [0.29, 0.717) is 18.9 Å². The highest BCUT2D eigenvalue weighted by Crippen LogP contribution is 2.39. The van der Waals surface area contributed by atoms with E-state index in [2.05, 4.69) is 0 Å². The maximum atomic E-state index is 12.7. The largest absolute Gasteiger partial charge is 0.480 e. The van der Waals surface area contributed by atoms with Gasteiger partial charge in [0.1, 0.15) is 6.04 Å². The smallest absolute Gasteiger partial charge is 0.320 e. The van der Waals surface area contributed by atoms with Crippen molar-refractivity contribution in [1.29, 1.82) is 0 Å². The van der Waals surface area contributed by atoms with Gasteiger partial charge in [0.25, 0.3) is 0 Å². The lowest BCUT2D eigenvalue weighted by molar-refractivity contribution is -0.144. The number of nitrogens with zero attached hydrogens (tertiary/aromatic N) is 2. The van der Waals surface area contributed by atoms with Crippen molar-refractivity contribution in [3.63, 3.8) is 0 Å². The number of likely N-dealkylation sites (tertiary alicyclic amines) is 1. The molecule has 1 saturated carbocycles. The standard InChI is InChI=1S/C20H28N2O3/c1-14-7-3-4-9-16(14)12-21(2)19(23)13-22-17-10-6-5-8-15(17)11-18(22)20(24)25/h3-4,7,9,15,17-18H,5-6,8,10-13H2,1-2H3,(H,24,25)/t15-,17-,18-/m0/s1. The van der Waals surface area contributed by atoms with Crippen LogP contribution in [0.25, 0.3) is 0 Å². The average Bonchev–Trinajstić information content (AvgIpc) is 2.96. The molecule has 1 saturated heterocycles. The Kier molecular flexibility index (Phi) is 5.42. The van der Waals surface area contributed by atoms with Gasteiger partial charge >= 0.3 is 5.97 Å². The molecule has 1 heterocycles. The van der Waals surface area contributed by atoms with Crippen LogP contribution >= 0.6 is 0 Å². The van der Waals surface area contributed by atoms with Gasteiger partial charge in [-0.1, -0.05) is 37.1 Å². The van der Waals surface area contributed by atoms with Crippen LogP contribution in [0.15, 0.2) is 24.3 Å². The first-order chi connectivity index (χ1) is 12.0. The number of carbonyl (C=O) groups excluding carboxylic acids is 1. The van der Waals surface area contributed by atoms with Crippen molar-refractivity contribution in [1.82, 2.24) is 9.80 Å². The molecule has 0 radical (unpaired) electrons. The molecular weight excluding hydrogens is 316 g/mol. The highest BCUT2D eigenvalue weighted by Gasteiger charge is 2.45. The van der Waals surface area contributed by atoms with E-state index in [1.165, 1.54) is 12.0 Å². The van der Waals surface area contributed by atoms with Crippen molar-refractivity contribution in [2.45, 2.75) is 57.7 Å². The van der Waals surface area contributed by atoms with Crippen molar-refractivity contribution in [3.8, 4) is 0 Å². The molecule has 25 heavy (non-hydrogen) atoms. The lowest BCUT2D eigenvalue weighted by Gasteiger charge is -2.33. The van der Waals surface area contributed by atoms with Gasteiger partial charge in [-0.25, -0.2) is 0 Å². The predicted molar refractivity (Wildman–Crippen MR) is 96.1 cm³/mol. The highest BCUT2D eigenvalue weighted by atomic mass is 16.4. The molecule has 5 heteroatoms. The summed E-state index contributed by atoms with van der Waals surface area (Å²) in [5.41, 5.74) is 2.30. The molecule has 1 aliphatic carbocycles. The fourth-order valence-corrected chi connectivity index (χ4v) is 4.43. The zero-order valence-electron chi connectivity index (χ0n) is 15.1. The third-order valence-corrected chi connectivity index (χ3v) is 5.92. The minimum absolute atomic E-state index is 0.000673. The summed E-state index contributed by atoms with van der Waals surface area (Å²) in [7, 11) is 1.80. The summed E-state index contributed by atoms with van der Waals surface area (Å²) in [5, 5.41) is 9.59. The molecular formula is C20H28N2O3. The maximum Gasteiger partial charge on any atom is 0.320 e. The Morgan fingerprint density at radius 3 is 2.68 bits per heavy atom. The SMILES string of the molecule is Cc1ccccc1CN(C)C(=O)CN1[C@H](C(=O)O)C[C@@H]2CCCC[C@@H]21. The normalized spacial score (nSPS) is 26.2. The van der Waals surface area contributed by atoms with Gasteiger partial charge in [-0.2, -0.15) is 0 Å². The maximum absolute atomic E-state index is 12.7. The molecule has 5 nitrogen and oxygen atoms in total. The minimum atomic E-state index is -0.788. The van der Waals surface area contributed by atoms with Gasteiger partial charge in [-0.05, 0) is 43.2 Å². The summed E-state index contributed by atoms with van der Waals surface area (Å²) in [6.45, 7) is 2.81. The van der Waals surface area contributed by atoms with E-state index in [9.17, 15) is 14.7 Å². The molecule has 2 aliphatic rings. The van der Waals surface area contributed by atoms with E-state index in [-0.39, 0.29) is 18.5 Å². The van der Waals surface area contributed by atoms with Crippen molar-refractivity contribution in [2.75, 3.05) is 13.6 Å². The zero-order valence-corrected chi connectivity index (χ0v) is 15.1. The molecule has 1 aliphatic heterocycles. The summed E-state index contributed by atoms with van der Waals surface area (Å²) in [6, 6.07) is 7.79. The van der Waals surface area contributed by atoms with E-state index >= 15 is 0 Å². The van der Waals surface area contributed by atoms with Crippen LogP contribution < -0.4 is 0 Å². The fraction of sp³-hybridized carbons (Fsp3) is 0.600. The lowest BCUT2D eigenvalue weighted by atomic mass is 9.85. The first kappa shape index (κ1) is 17.9. The lowest BCUT2D eigenvalue weighted by Crippen LogP contribution is -2.47.